The molecule has 0 unspecified atom stereocenters. The van der Waals surface area contributed by atoms with Gasteiger partial charge in [0.05, 0.1) is 18.8 Å². The molecular formula is C31H34FN7O2S. The van der Waals surface area contributed by atoms with Crippen LogP contribution >= 0.6 is 11.3 Å². The quantitative estimate of drug-likeness (QED) is 0.141. The molecule has 0 fully saturated rings. The maximum Gasteiger partial charge on any atom is 0.277 e. The molecule has 0 spiro atoms. The molecule has 0 saturated heterocycles. The maximum atomic E-state index is 13.9. The lowest BCUT2D eigenvalue weighted by molar-refractivity contribution is -0.124. The molecule has 4 aromatic rings. The number of anilines is 2. The lowest BCUT2D eigenvalue weighted by Gasteiger charge is -2.20. The van der Waals surface area contributed by atoms with Crippen LogP contribution < -0.4 is 21.9 Å². The number of nitrogens with two attached hydrogens (primary N) is 1. The number of benzene rings is 1. The van der Waals surface area contributed by atoms with Gasteiger partial charge in [-0.1, -0.05) is 24.3 Å². The van der Waals surface area contributed by atoms with Crippen molar-refractivity contribution < 1.29 is 9.18 Å². The van der Waals surface area contributed by atoms with Crippen molar-refractivity contribution in [3.05, 3.63) is 92.9 Å². The highest BCUT2D eigenvalue weighted by molar-refractivity contribution is 7.19. The number of aromatic nitrogens is 3. The standard InChI is InChI=1S/C31H34FN7O2S/c1-18(33)23(9-5-3-7-20-8-4-6-10-24(20)32)19(2)38-25-17-36-29-12-11-26(39(29)31(25)41)30(40)37-16-22-13-21-15-35-28(34)14-27(21)42-22/h4,6,8-10,13-15,17,19,26,33,38H,3,5,7,11-12,16H2,1-2H3,(H2,34,35)(H,37,40)/b23-9+,33-18?/t19-,26+/m1/s1. The number of halogens is 1. The fourth-order valence-corrected chi connectivity index (χ4v) is 6.37. The number of amides is 1. The van der Waals surface area contributed by atoms with Crippen LogP contribution in [0.2, 0.25) is 0 Å². The van der Waals surface area contributed by atoms with E-state index in [0.29, 0.717) is 55.1 Å². The lowest BCUT2D eigenvalue weighted by Crippen LogP contribution is -2.37. The van der Waals surface area contributed by atoms with E-state index in [1.165, 1.54) is 16.8 Å². The molecule has 4 heterocycles. The summed E-state index contributed by atoms with van der Waals surface area (Å²) in [6.07, 6.45) is 8.22. The number of fused-ring (bicyclic) bond motifs is 2. The van der Waals surface area contributed by atoms with Crippen molar-refractivity contribution in [3.8, 4) is 0 Å². The lowest BCUT2D eigenvalue weighted by atomic mass is 10.0. The predicted octanol–water partition coefficient (Wildman–Crippen LogP) is 5.17. The van der Waals surface area contributed by atoms with Gasteiger partial charge in [0.15, 0.2) is 0 Å². The molecule has 9 nitrogen and oxygen atoms in total. The van der Waals surface area contributed by atoms with Crippen LogP contribution in [0.5, 0.6) is 0 Å². The van der Waals surface area contributed by atoms with Gasteiger partial charge in [-0.05, 0) is 68.9 Å². The van der Waals surface area contributed by atoms with Gasteiger partial charge in [0.2, 0.25) is 5.91 Å². The molecule has 42 heavy (non-hydrogen) atoms. The first-order chi connectivity index (χ1) is 20.2. The van der Waals surface area contributed by atoms with Crippen molar-refractivity contribution in [2.24, 2.45) is 0 Å². The van der Waals surface area contributed by atoms with Crippen molar-refractivity contribution in [3.63, 3.8) is 0 Å². The Bertz CT molecular complexity index is 1730. The molecule has 1 aliphatic rings. The maximum absolute atomic E-state index is 13.9. The SMILES string of the molecule is CC(=N)/C(=C\CCCc1ccccc1F)[C@@H](C)Nc1cnc2n(c1=O)[C@H](C(=O)NCc1cc3cnc(N)cc3s1)CC2. The topological polar surface area (TPSA) is 139 Å². The predicted molar refractivity (Wildman–Crippen MR) is 166 cm³/mol. The van der Waals surface area contributed by atoms with E-state index in [1.807, 2.05) is 31.2 Å². The van der Waals surface area contributed by atoms with E-state index < -0.39 is 6.04 Å². The number of thiophene rings is 1. The highest BCUT2D eigenvalue weighted by Gasteiger charge is 2.31. The van der Waals surface area contributed by atoms with Gasteiger partial charge in [-0.3, -0.25) is 14.2 Å². The van der Waals surface area contributed by atoms with Crippen LogP contribution in [0.25, 0.3) is 10.1 Å². The van der Waals surface area contributed by atoms with Gasteiger partial charge in [0.1, 0.15) is 29.2 Å². The molecule has 1 aliphatic heterocycles. The number of nitrogen functional groups attached to an aromatic ring is 1. The van der Waals surface area contributed by atoms with Crippen molar-refractivity contribution in [1.82, 2.24) is 19.9 Å². The second-order valence-electron chi connectivity index (χ2n) is 10.5. The van der Waals surface area contributed by atoms with Gasteiger partial charge in [0.25, 0.3) is 5.56 Å². The summed E-state index contributed by atoms with van der Waals surface area (Å²) in [4.78, 5) is 36.3. The summed E-state index contributed by atoms with van der Waals surface area (Å²) >= 11 is 1.54. The molecule has 218 valence electrons. The molecule has 0 saturated carbocycles. The largest absolute Gasteiger partial charge is 0.384 e. The highest BCUT2D eigenvalue weighted by Crippen LogP contribution is 2.27. The summed E-state index contributed by atoms with van der Waals surface area (Å²) in [6, 6.07) is 9.54. The molecule has 3 aromatic heterocycles. The van der Waals surface area contributed by atoms with E-state index in [-0.39, 0.29) is 29.0 Å². The van der Waals surface area contributed by atoms with Crippen molar-refractivity contribution in [1.29, 1.82) is 5.41 Å². The summed E-state index contributed by atoms with van der Waals surface area (Å²) in [7, 11) is 0. The number of unbranched alkanes of at least 4 members (excludes halogenated alkanes) is 1. The molecule has 1 aromatic carbocycles. The van der Waals surface area contributed by atoms with E-state index in [0.717, 1.165) is 27.0 Å². The van der Waals surface area contributed by atoms with Crippen LogP contribution in [0.15, 0.2) is 65.2 Å². The highest BCUT2D eigenvalue weighted by atomic mass is 32.1. The van der Waals surface area contributed by atoms with E-state index in [1.54, 1.807) is 36.6 Å². The van der Waals surface area contributed by atoms with Crippen molar-refractivity contribution in [2.75, 3.05) is 11.1 Å². The number of carbonyl (C=O) groups excluding carboxylic acids is 1. The van der Waals surface area contributed by atoms with E-state index in [9.17, 15) is 14.0 Å². The molecule has 0 bridgehead atoms. The minimum absolute atomic E-state index is 0.209. The molecule has 5 rings (SSSR count). The first kappa shape index (κ1) is 29.1. The van der Waals surface area contributed by atoms with E-state index in [2.05, 4.69) is 20.6 Å². The van der Waals surface area contributed by atoms with Crippen molar-refractivity contribution in [2.45, 2.75) is 64.6 Å². The number of nitrogens with one attached hydrogen (secondary N) is 3. The van der Waals surface area contributed by atoms with Gasteiger partial charge < -0.3 is 21.8 Å². The minimum atomic E-state index is -0.651. The van der Waals surface area contributed by atoms with Crippen LogP contribution in [0.3, 0.4) is 0 Å². The first-order valence-corrected chi connectivity index (χ1v) is 14.8. The number of nitrogens with zero attached hydrogens (tertiary/aromatic N) is 3. The van der Waals surface area contributed by atoms with Crippen LogP contribution in [0, 0.1) is 11.2 Å². The van der Waals surface area contributed by atoms with Gasteiger partial charge in [-0.15, -0.1) is 11.3 Å². The van der Waals surface area contributed by atoms with E-state index in [4.69, 9.17) is 11.1 Å². The summed E-state index contributed by atoms with van der Waals surface area (Å²) in [5.41, 5.74) is 7.55. The summed E-state index contributed by atoms with van der Waals surface area (Å²) < 4.78 is 16.4. The smallest absolute Gasteiger partial charge is 0.277 e. The Kier molecular flexibility index (Phi) is 8.77. The Morgan fingerprint density at radius 3 is 2.88 bits per heavy atom. The number of carbonyl (C=O) groups is 1. The zero-order valence-electron chi connectivity index (χ0n) is 23.6. The summed E-state index contributed by atoms with van der Waals surface area (Å²) in [5, 5.41) is 15.4. The number of hydrogen-bond donors (Lipinski definition) is 4. The summed E-state index contributed by atoms with van der Waals surface area (Å²) in [5.74, 6) is 0.587. The zero-order chi connectivity index (χ0) is 29.8. The molecule has 0 aliphatic carbocycles. The summed E-state index contributed by atoms with van der Waals surface area (Å²) in [6.45, 7) is 3.93. The van der Waals surface area contributed by atoms with Crippen LogP contribution in [-0.2, 0) is 24.2 Å². The third kappa shape index (κ3) is 6.41. The third-order valence-electron chi connectivity index (χ3n) is 7.48. The third-order valence-corrected chi connectivity index (χ3v) is 8.58. The van der Waals surface area contributed by atoms with Gasteiger partial charge >= 0.3 is 0 Å². The molecular weight excluding hydrogens is 553 g/mol. The Morgan fingerprint density at radius 1 is 1.29 bits per heavy atom. The molecule has 5 N–H and O–H groups in total. The number of allylic oxidation sites excluding steroid dienone is 1. The number of hydrogen-bond acceptors (Lipinski definition) is 8. The molecule has 1 amide bonds. The second kappa shape index (κ2) is 12.6. The zero-order valence-corrected chi connectivity index (χ0v) is 24.4. The Hall–Kier alpha value is -4.38. The number of pyridine rings is 1. The number of aryl methyl sites for hydroxylation is 2. The van der Waals surface area contributed by atoms with E-state index >= 15 is 0 Å². The van der Waals surface area contributed by atoms with Crippen LogP contribution in [-0.4, -0.2) is 32.2 Å². The Labute approximate surface area is 247 Å². The fourth-order valence-electron chi connectivity index (χ4n) is 5.35. The molecule has 0 radical (unpaired) electrons. The Morgan fingerprint density at radius 2 is 2.10 bits per heavy atom. The van der Waals surface area contributed by atoms with Gasteiger partial charge in [-0.25, -0.2) is 14.4 Å². The average Bonchev–Trinajstić information content (AvgIpc) is 3.58. The number of rotatable bonds is 11. The monoisotopic (exact) mass is 587 g/mol. The normalized spacial score (nSPS) is 15.4. The fraction of sp³-hybridized carbons (Fsp3) is 0.323. The van der Waals surface area contributed by atoms with Gasteiger partial charge in [-0.2, -0.15) is 0 Å². The van der Waals surface area contributed by atoms with Crippen LogP contribution in [0.1, 0.15) is 55.4 Å². The van der Waals surface area contributed by atoms with Crippen LogP contribution in [0.4, 0.5) is 15.9 Å². The first-order valence-electron chi connectivity index (χ1n) is 14.0. The Balaban J connectivity index is 1.24. The van der Waals surface area contributed by atoms with Crippen molar-refractivity contribution >= 4 is 44.5 Å². The molecule has 11 heteroatoms. The minimum Gasteiger partial charge on any atom is -0.384 e. The van der Waals surface area contributed by atoms with Gasteiger partial charge in [0, 0.05) is 33.3 Å². The molecule has 2 atom stereocenters. The average molecular weight is 588 g/mol. The second-order valence-corrected chi connectivity index (χ2v) is 11.7.